The summed E-state index contributed by atoms with van der Waals surface area (Å²) in [6.45, 7) is 5.41. The molecule has 0 aliphatic rings. The van der Waals surface area contributed by atoms with E-state index in [1.54, 1.807) is 0 Å². The molecule has 0 rings (SSSR count). The molecular formula is C25H46O4. The number of allylic oxidation sites excluding steroid dienone is 1. The van der Waals surface area contributed by atoms with Crippen LogP contribution in [0.5, 0.6) is 0 Å². The van der Waals surface area contributed by atoms with E-state index < -0.39 is 0 Å². The Morgan fingerprint density at radius 3 is 1.66 bits per heavy atom. The van der Waals surface area contributed by atoms with Gasteiger partial charge in [-0.3, -0.25) is 9.59 Å². The summed E-state index contributed by atoms with van der Waals surface area (Å²) in [7, 11) is 0. The van der Waals surface area contributed by atoms with Gasteiger partial charge in [0.25, 0.3) is 0 Å². The normalized spacial score (nSPS) is 11.1. The van der Waals surface area contributed by atoms with Crippen molar-refractivity contribution in [1.29, 1.82) is 0 Å². The highest BCUT2D eigenvalue weighted by atomic mass is 16.5. The van der Waals surface area contributed by atoms with Crippen molar-refractivity contribution >= 4 is 11.9 Å². The van der Waals surface area contributed by atoms with Crippen LogP contribution >= 0.6 is 0 Å². The van der Waals surface area contributed by atoms with Gasteiger partial charge in [0.05, 0.1) is 13.2 Å². The van der Waals surface area contributed by atoms with Gasteiger partial charge < -0.3 is 9.47 Å². The van der Waals surface area contributed by atoms with Gasteiger partial charge in [-0.2, -0.15) is 0 Å². The second kappa shape index (κ2) is 23.0. The van der Waals surface area contributed by atoms with E-state index >= 15 is 0 Å². The third kappa shape index (κ3) is 22.8. The number of hydrogen-bond acceptors (Lipinski definition) is 4. The standard InChI is InChI=1S/C25H46O4/c1-3-5-7-9-11-13-15-19-23-29-25(27)21-17-16-20-24(26)28-22-18-14-12-10-8-6-4-2/h12,14H,3-11,13,15-23H2,1-2H3/b14-12-. The molecule has 0 aliphatic heterocycles. The van der Waals surface area contributed by atoms with Crippen molar-refractivity contribution in [3.8, 4) is 0 Å². The topological polar surface area (TPSA) is 52.6 Å². The average molecular weight is 411 g/mol. The van der Waals surface area contributed by atoms with Crippen LogP contribution in [0, 0.1) is 0 Å². The molecule has 0 unspecified atom stereocenters. The largest absolute Gasteiger partial charge is 0.466 e. The molecule has 0 fully saturated rings. The van der Waals surface area contributed by atoms with Gasteiger partial charge in [-0.25, -0.2) is 0 Å². The molecule has 0 N–H and O–H groups in total. The third-order valence-electron chi connectivity index (χ3n) is 4.96. The van der Waals surface area contributed by atoms with E-state index in [0.29, 0.717) is 38.9 Å². The van der Waals surface area contributed by atoms with E-state index in [1.807, 2.05) is 0 Å². The molecule has 0 aromatic carbocycles. The number of esters is 2. The van der Waals surface area contributed by atoms with Crippen molar-refractivity contribution in [3.63, 3.8) is 0 Å². The van der Waals surface area contributed by atoms with Gasteiger partial charge in [-0.05, 0) is 38.5 Å². The van der Waals surface area contributed by atoms with Crippen LogP contribution in [-0.2, 0) is 19.1 Å². The monoisotopic (exact) mass is 410 g/mol. The number of carbonyl (C=O) groups is 2. The lowest BCUT2D eigenvalue weighted by Gasteiger charge is -2.05. The summed E-state index contributed by atoms with van der Waals surface area (Å²) in [6.07, 6.45) is 21.9. The Balaban J connectivity index is 3.36. The molecule has 29 heavy (non-hydrogen) atoms. The zero-order valence-corrected chi connectivity index (χ0v) is 19.2. The summed E-state index contributed by atoms with van der Waals surface area (Å²) < 4.78 is 10.5. The van der Waals surface area contributed by atoms with E-state index in [9.17, 15) is 9.59 Å². The molecule has 0 aromatic rings. The Labute approximate surface area is 179 Å². The highest BCUT2D eigenvalue weighted by molar-refractivity contribution is 5.70. The lowest BCUT2D eigenvalue weighted by Crippen LogP contribution is -2.07. The molecule has 0 amide bonds. The summed E-state index contributed by atoms with van der Waals surface area (Å²) in [5.74, 6) is -0.314. The van der Waals surface area contributed by atoms with Crippen LogP contribution in [0.1, 0.15) is 123 Å². The average Bonchev–Trinajstić information content (AvgIpc) is 2.72. The second-order valence-electron chi connectivity index (χ2n) is 7.88. The summed E-state index contributed by atoms with van der Waals surface area (Å²) in [5.41, 5.74) is 0. The van der Waals surface area contributed by atoms with Crippen molar-refractivity contribution in [3.05, 3.63) is 12.2 Å². The van der Waals surface area contributed by atoms with Gasteiger partial charge >= 0.3 is 11.9 Å². The van der Waals surface area contributed by atoms with E-state index in [-0.39, 0.29) is 11.9 Å². The first-order valence-corrected chi connectivity index (χ1v) is 12.2. The van der Waals surface area contributed by atoms with Crippen LogP contribution < -0.4 is 0 Å². The summed E-state index contributed by atoms with van der Waals surface area (Å²) in [5, 5.41) is 0. The number of ether oxygens (including phenoxy) is 2. The molecule has 0 heterocycles. The Morgan fingerprint density at radius 2 is 1.03 bits per heavy atom. The Kier molecular flexibility index (Phi) is 21.9. The van der Waals surface area contributed by atoms with Crippen molar-refractivity contribution in [2.75, 3.05) is 13.2 Å². The first kappa shape index (κ1) is 27.7. The van der Waals surface area contributed by atoms with E-state index in [4.69, 9.17) is 9.47 Å². The zero-order chi connectivity index (χ0) is 21.4. The van der Waals surface area contributed by atoms with Gasteiger partial charge in [-0.15, -0.1) is 0 Å². The van der Waals surface area contributed by atoms with Crippen molar-refractivity contribution in [2.45, 2.75) is 123 Å². The van der Waals surface area contributed by atoms with Crippen molar-refractivity contribution < 1.29 is 19.1 Å². The molecule has 4 heteroatoms. The maximum atomic E-state index is 11.7. The molecule has 0 atom stereocenters. The molecule has 0 aromatic heterocycles. The van der Waals surface area contributed by atoms with Crippen molar-refractivity contribution in [2.24, 2.45) is 0 Å². The van der Waals surface area contributed by atoms with Crippen LogP contribution in [0.15, 0.2) is 12.2 Å². The highest BCUT2D eigenvalue weighted by Crippen LogP contribution is 2.09. The summed E-state index contributed by atoms with van der Waals surface area (Å²) >= 11 is 0. The number of rotatable bonds is 21. The quantitative estimate of drug-likeness (QED) is 0.113. The van der Waals surface area contributed by atoms with Crippen LogP contribution in [0.25, 0.3) is 0 Å². The molecule has 4 nitrogen and oxygen atoms in total. The predicted octanol–water partition coefficient (Wildman–Crippen LogP) is 7.30. The Bertz CT molecular complexity index is 404. The molecular weight excluding hydrogens is 364 g/mol. The smallest absolute Gasteiger partial charge is 0.305 e. The van der Waals surface area contributed by atoms with Crippen LogP contribution in [-0.4, -0.2) is 25.2 Å². The summed E-state index contributed by atoms with van der Waals surface area (Å²) in [4.78, 5) is 23.3. The fraction of sp³-hybridized carbons (Fsp3) is 0.840. The van der Waals surface area contributed by atoms with Gasteiger partial charge in [0, 0.05) is 12.8 Å². The zero-order valence-electron chi connectivity index (χ0n) is 19.2. The minimum Gasteiger partial charge on any atom is -0.466 e. The Morgan fingerprint density at radius 1 is 0.552 bits per heavy atom. The fourth-order valence-corrected chi connectivity index (χ4v) is 3.09. The number of hydrogen-bond donors (Lipinski definition) is 0. The number of carbonyl (C=O) groups excluding carboxylic acids is 2. The predicted molar refractivity (Wildman–Crippen MR) is 121 cm³/mol. The van der Waals surface area contributed by atoms with E-state index in [2.05, 4.69) is 26.0 Å². The minimum absolute atomic E-state index is 0.144. The lowest BCUT2D eigenvalue weighted by atomic mass is 10.1. The summed E-state index contributed by atoms with van der Waals surface area (Å²) in [6, 6.07) is 0. The molecule has 0 aliphatic carbocycles. The van der Waals surface area contributed by atoms with Crippen molar-refractivity contribution in [1.82, 2.24) is 0 Å². The minimum atomic E-state index is -0.170. The molecule has 0 spiro atoms. The van der Waals surface area contributed by atoms with Gasteiger partial charge in [0.1, 0.15) is 0 Å². The first-order valence-electron chi connectivity index (χ1n) is 12.2. The second-order valence-corrected chi connectivity index (χ2v) is 7.88. The highest BCUT2D eigenvalue weighted by Gasteiger charge is 2.06. The van der Waals surface area contributed by atoms with Gasteiger partial charge in [0.15, 0.2) is 0 Å². The van der Waals surface area contributed by atoms with E-state index in [0.717, 1.165) is 25.7 Å². The number of unbranched alkanes of at least 4 members (excludes halogenated alkanes) is 11. The molecule has 0 radical (unpaired) electrons. The lowest BCUT2D eigenvalue weighted by molar-refractivity contribution is -0.145. The molecule has 0 saturated heterocycles. The van der Waals surface area contributed by atoms with Crippen LogP contribution in [0.4, 0.5) is 0 Å². The van der Waals surface area contributed by atoms with Gasteiger partial charge in [0.2, 0.25) is 0 Å². The SMILES string of the molecule is CCCCC/C=C\CCOC(=O)CCCCC(=O)OCCCCCCCCCC. The van der Waals surface area contributed by atoms with E-state index in [1.165, 1.54) is 57.8 Å². The Hall–Kier alpha value is -1.32. The maximum Gasteiger partial charge on any atom is 0.305 e. The fourth-order valence-electron chi connectivity index (χ4n) is 3.09. The molecule has 170 valence electrons. The van der Waals surface area contributed by atoms with Gasteiger partial charge in [-0.1, -0.05) is 83.8 Å². The maximum absolute atomic E-state index is 11.7. The first-order chi connectivity index (χ1) is 14.2. The molecule has 0 saturated carbocycles. The third-order valence-corrected chi connectivity index (χ3v) is 4.96. The van der Waals surface area contributed by atoms with Crippen LogP contribution in [0.3, 0.4) is 0 Å². The molecule has 0 bridgehead atoms. The van der Waals surface area contributed by atoms with Crippen LogP contribution in [0.2, 0.25) is 0 Å².